The van der Waals surface area contributed by atoms with Crippen molar-refractivity contribution < 1.29 is 13.9 Å². The van der Waals surface area contributed by atoms with E-state index in [0.717, 1.165) is 31.7 Å². The Bertz CT molecular complexity index is 973. The van der Waals surface area contributed by atoms with Crippen molar-refractivity contribution in [2.45, 2.75) is 51.5 Å². The number of amides is 1. The highest BCUT2D eigenvalue weighted by Crippen LogP contribution is 2.35. The molecule has 0 radical (unpaired) electrons. The lowest BCUT2D eigenvalue weighted by atomic mass is 9.83. The summed E-state index contributed by atoms with van der Waals surface area (Å²) in [4.78, 5) is 30.6. The van der Waals surface area contributed by atoms with E-state index in [1.165, 1.54) is 5.56 Å². The van der Waals surface area contributed by atoms with Crippen LogP contribution in [0.4, 0.5) is 0 Å². The number of pyridine rings is 1. The number of furan rings is 1. The molecule has 7 nitrogen and oxygen atoms in total. The highest BCUT2D eigenvalue weighted by molar-refractivity contribution is 5.94. The number of morpholine rings is 1. The van der Waals surface area contributed by atoms with E-state index in [-0.39, 0.29) is 29.2 Å². The summed E-state index contributed by atoms with van der Waals surface area (Å²) in [5.41, 5.74) is 2.40. The predicted molar refractivity (Wildman–Crippen MR) is 111 cm³/mol. The van der Waals surface area contributed by atoms with E-state index in [1.54, 1.807) is 23.5 Å². The number of fused-ring (bicyclic) bond motifs is 4. The van der Waals surface area contributed by atoms with E-state index in [0.29, 0.717) is 31.5 Å². The predicted octanol–water partition coefficient (Wildman–Crippen LogP) is 2.31. The highest BCUT2D eigenvalue weighted by Gasteiger charge is 2.36. The monoisotopic (exact) mass is 411 g/mol. The molecule has 7 heteroatoms. The molecular formula is C23H29N3O4. The number of nitrogens with zero attached hydrogens (tertiary/aromatic N) is 3. The van der Waals surface area contributed by atoms with Gasteiger partial charge in [-0.1, -0.05) is 0 Å². The van der Waals surface area contributed by atoms with Crippen LogP contribution in [0.25, 0.3) is 0 Å². The Balaban J connectivity index is 1.38. The van der Waals surface area contributed by atoms with Crippen molar-refractivity contribution in [3.63, 3.8) is 0 Å². The van der Waals surface area contributed by atoms with Gasteiger partial charge in [-0.2, -0.15) is 0 Å². The molecule has 2 fully saturated rings. The Morgan fingerprint density at radius 1 is 1.07 bits per heavy atom. The van der Waals surface area contributed by atoms with Crippen LogP contribution in [0.5, 0.6) is 0 Å². The van der Waals surface area contributed by atoms with Gasteiger partial charge in [-0.25, -0.2) is 0 Å². The summed E-state index contributed by atoms with van der Waals surface area (Å²) >= 11 is 0. The molecule has 0 saturated carbocycles. The van der Waals surface area contributed by atoms with Crippen LogP contribution in [0.2, 0.25) is 0 Å². The van der Waals surface area contributed by atoms with E-state index in [9.17, 15) is 9.59 Å². The topological polar surface area (TPSA) is 67.9 Å². The van der Waals surface area contributed by atoms with E-state index in [1.807, 2.05) is 30.5 Å². The van der Waals surface area contributed by atoms with E-state index in [2.05, 4.69) is 4.90 Å². The first-order valence-corrected chi connectivity index (χ1v) is 10.9. The molecule has 2 saturated heterocycles. The summed E-state index contributed by atoms with van der Waals surface area (Å²) in [5.74, 6) is 0.578. The lowest BCUT2D eigenvalue weighted by Gasteiger charge is -2.43. The fraction of sp³-hybridized carbons (Fsp3) is 0.565. The third-order valence-corrected chi connectivity index (χ3v) is 6.60. The van der Waals surface area contributed by atoms with Gasteiger partial charge in [0.15, 0.2) is 0 Å². The Kier molecular flexibility index (Phi) is 5.03. The third-order valence-electron chi connectivity index (χ3n) is 6.60. The van der Waals surface area contributed by atoms with Crippen molar-refractivity contribution >= 4 is 5.91 Å². The molecule has 5 heterocycles. The first-order valence-electron chi connectivity index (χ1n) is 10.9. The van der Waals surface area contributed by atoms with Crippen LogP contribution in [-0.4, -0.2) is 58.7 Å². The zero-order valence-corrected chi connectivity index (χ0v) is 17.6. The van der Waals surface area contributed by atoms with Gasteiger partial charge < -0.3 is 18.6 Å². The Labute approximate surface area is 176 Å². The molecule has 2 aromatic rings. The van der Waals surface area contributed by atoms with Crippen LogP contribution < -0.4 is 5.56 Å². The van der Waals surface area contributed by atoms with E-state index in [4.69, 9.17) is 9.15 Å². The number of rotatable bonds is 3. The zero-order chi connectivity index (χ0) is 20.8. The van der Waals surface area contributed by atoms with Crippen molar-refractivity contribution in [1.29, 1.82) is 0 Å². The number of carbonyl (C=O) groups excluding carboxylic acids is 1. The molecule has 0 N–H and O–H groups in total. The minimum Gasteiger partial charge on any atom is -0.472 e. The van der Waals surface area contributed by atoms with Crippen LogP contribution in [0.3, 0.4) is 0 Å². The Hall–Kier alpha value is -2.38. The van der Waals surface area contributed by atoms with Crippen LogP contribution in [0.15, 0.2) is 39.9 Å². The molecule has 4 atom stereocenters. The fourth-order valence-electron chi connectivity index (χ4n) is 5.49. The molecule has 0 aromatic carbocycles. The standard InChI is InChI=1S/C23H29N3O4/c1-15-8-25(9-16(2)30-15)22(27)20-3-4-21-19-7-18(12-26(21)23(20)28)11-24(13-19)10-17-5-6-29-14-17/h3-6,14-16,18-19H,7-13H2,1-2H3/t15-,16+,18-,19+/m0/s1. The van der Waals surface area contributed by atoms with Gasteiger partial charge >= 0.3 is 0 Å². The average Bonchev–Trinajstić information content (AvgIpc) is 3.20. The molecule has 160 valence electrons. The van der Waals surface area contributed by atoms with Gasteiger partial charge in [-0.15, -0.1) is 0 Å². The highest BCUT2D eigenvalue weighted by atomic mass is 16.5. The molecule has 3 aliphatic heterocycles. The zero-order valence-electron chi connectivity index (χ0n) is 17.6. The molecule has 1 amide bonds. The molecule has 2 bridgehead atoms. The van der Waals surface area contributed by atoms with E-state index < -0.39 is 0 Å². The first kappa shape index (κ1) is 19.6. The van der Waals surface area contributed by atoms with Gasteiger partial charge in [0.05, 0.1) is 24.7 Å². The number of aromatic nitrogens is 1. The summed E-state index contributed by atoms with van der Waals surface area (Å²) in [7, 11) is 0. The lowest BCUT2D eigenvalue weighted by Crippen LogP contribution is -2.51. The first-order chi connectivity index (χ1) is 14.5. The second-order valence-electron chi connectivity index (χ2n) is 9.18. The van der Waals surface area contributed by atoms with Crippen molar-refractivity contribution in [3.05, 3.63) is 57.9 Å². The van der Waals surface area contributed by atoms with Crippen molar-refractivity contribution in [3.8, 4) is 0 Å². The summed E-state index contributed by atoms with van der Waals surface area (Å²) < 4.78 is 12.8. The minimum atomic E-state index is -0.172. The maximum absolute atomic E-state index is 13.3. The molecule has 5 rings (SSSR count). The van der Waals surface area contributed by atoms with Gasteiger partial charge in [0.2, 0.25) is 0 Å². The summed E-state index contributed by atoms with van der Waals surface area (Å²) in [6.07, 6.45) is 4.59. The fourth-order valence-corrected chi connectivity index (χ4v) is 5.49. The Morgan fingerprint density at radius 2 is 1.87 bits per heavy atom. The van der Waals surface area contributed by atoms with Crippen LogP contribution in [0.1, 0.15) is 47.8 Å². The summed E-state index contributed by atoms with van der Waals surface area (Å²) in [6.45, 7) is 8.42. The smallest absolute Gasteiger partial charge is 0.263 e. The number of hydrogen-bond donors (Lipinski definition) is 0. The third kappa shape index (κ3) is 3.61. The van der Waals surface area contributed by atoms with Gasteiger partial charge in [-0.3, -0.25) is 14.5 Å². The van der Waals surface area contributed by atoms with Gasteiger partial charge in [0, 0.05) is 56.4 Å². The number of piperidine rings is 1. The molecule has 0 aliphatic carbocycles. The second-order valence-corrected chi connectivity index (χ2v) is 9.18. The van der Waals surface area contributed by atoms with E-state index >= 15 is 0 Å². The average molecular weight is 412 g/mol. The van der Waals surface area contributed by atoms with Crippen molar-refractivity contribution in [2.24, 2.45) is 5.92 Å². The molecule has 2 aromatic heterocycles. The largest absolute Gasteiger partial charge is 0.472 e. The van der Waals surface area contributed by atoms with Gasteiger partial charge in [0.1, 0.15) is 5.56 Å². The summed E-state index contributed by atoms with van der Waals surface area (Å²) in [6, 6.07) is 5.76. The number of hydrogen-bond acceptors (Lipinski definition) is 5. The molecule has 0 unspecified atom stereocenters. The van der Waals surface area contributed by atoms with Gasteiger partial charge in [-0.05, 0) is 44.4 Å². The normalized spacial score (nSPS) is 28.9. The number of carbonyl (C=O) groups is 1. The minimum absolute atomic E-state index is 0.0151. The Morgan fingerprint density at radius 3 is 2.60 bits per heavy atom. The van der Waals surface area contributed by atoms with Crippen LogP contribution in [0, 0.1) is 5.92 Å². The molecule has 0 spiro atoms. The second kappa shape index (κ2) is 7.71. The molecule has 3 aliphatic rings. The summed E-state index contributed by atoms with van der Waals surface area (Å²) in [5, 5.41) is 0. The maximum Gasteiger partial charge on any atom is 0.263 e. The number of ether oxygens (including phenoxy) is 1. The van der Waals surface area contributed by atoms with Crippen LogP contribution in [-0.2, 0) is 17.8 Å². The lowest BCUT2D eigenvalue weighted by molar-refractivity contribution is -0.0586. The maximum atomic E-state index is 13.3. The van der Waals surface area contributed by atoms with Crippen molar-refractivity contribution in [1.82, 2.24) is 14.4 Å². The van der Waals surface area contributed by atoms with Gasteiger partial charge in [0.25, 0.3) is 11.5 Å². The SMILES string of the molecule is C[C@@H]1CN(C(=O)c2ccc3n(c2=O)C[C@H]2C[C@@H]3CN(Cc3ccoc3)C2)C[C@H](C)O1. The molecular weight excluding hydrogens is 382 g/mol. The molecule has 30 heavy (non-hydrogen) atoms. The van der Waals surface area contributed by atoms with Crippen molar-refractivity contribution in [2.75, 3.05) is 26.2 Å². The quantitative estimate of drug-likeness (QED) is 0.775. The number of likely N-dealkylation sites (tertiary alicyclic amines) is 1. The van der Waals surface area contributed by atoms with Crippen LogP contribution >= 0.6 is 0 Å².